The lowest BCUT2D eigenvalue weighted by Crippen LogP contribution is -2.12. The number of carbonyl (C=O) groups excluding carboxylic acids is 1. The molecule has 0 saturated heterocycles. The van der Waals surface area contributed by atoms with Gasteiger partial charge >= 0.3 is 0 Å². The Balaban J connectivity index is 0.000000215. The molecule has 0 radical (unpaired) electrons. The van der Waals surface area contributed by atoms with Crippen molar-refractivity contribution in [3.05, 3.63) is 168 Å². The summed E-state index contributed by atoms with van der Waals surface area (Å²) in [4.78, 5) is 12.9. The molecule has 0 atom stereocenters. The number of benzene rings is 6. The first-order valence-electron chi connectivity index (χ1n) is 14.3. The first-order chi connectivity index (χ1) is 21.4. The van der Waals surface area contributed by atoms with E-state index in [1.807, 2.05) is 166 Å². The van der Waals surface area contributed by atoms with Gasteiger partial charge in [0.25, 0.3) is 5.91 Å². The van der Waals surface area contributed by atoms with Crippen LogP contribution in [0.2, 0.25) is 0 Å². The Bertz CT molecular complexity index is 1820. The van der Waals surface area contributed by atoms with Gasteiger partial charge in [-0.2, -0.15) is 0 Å². The van der Waals surface area contributed by atoms with E-state index < -0.39 is 0 Å². The van der Waals surface area contributed by atoms with Crippen molar-refractivity contribution in [2.24, 2.45) is 0 Å². The van der Waals surface area contributed by atoms with Gasteiger partial charge in [0.05, 0.1) is 0 Å². The number of ether oxygens (including phenoxy) is 2. The van der Waals surface area contributed by atoms with Crippen LogP contribution in [0.5, 0.6) is 23.0 Å². The number of aryl methyl sites for hydroxylation is 2. The van der Waals surface area contributed by atoms with Crippen LogP contribution in [0.4, 0.5) is 11.4 Å². The molecule has 0 spiro atoms. The van der Waals surface area contributed by atoms with Crippen molar-refractivity contribution in [2.45, 2.75) is 13.8 Å². The molecule has 218 valence electrons. The van der Waals surface area contributed by atoms with Gasteiger partial charge in [-0.15, -0.1) is 0 Å². The fourth-order valence-electron chi connectivity index (χ4n) is 4.40. The number of anilines is 2. The number of hydrogen-bond donors (Lipinski definition) is 2. The predicted octanol–water partition coefficient (Wildman–Crippen LogP) is 10.1. The molecule has 5 heteroatoms. The zero-order valence-corrected chi connectivity index (χ0v) is 24.7. The van der Waals surface area contributed by atoms with E-state index in [1.54, 1.807) is 0 Å². The molecule has 0 aliphatic rings. The molecule has 0 saturated carbocycles. The highest BCUT2D eigenvalue weighted by atomic mass is 16.5. The van der Waals surface area contributed by atoms with Gasteiger partial charge in [0.2, 0.25) is 0 Å². The highest BCUT2D eigenvalue weighted by Gasteiger charge is 2.11. The molecule has 6 rings (SSSR count). The summed E-state index contributed by atoms with van der Waals surface area (Å²) in [5, 5.41) is 3.01. The summed E-state index contributed by atoms with van der Waals surface area (Å²) in [6, 6.07) is 48.3. The fraction of sp³-hybridized carbons (Fsp3) is 0.0513. The van der Waals surface area contributed by atoms with Crippen molar-refractivity contribution >= 4 is 17.3 Å². The van der Waals surface area contributed by atoms with Crippen LogP contribution in [0.15, 0.2) is 152 Å². The molecule has 0 unspecified atom stereocenters. The molecule has 3 N–H and O–H groups in total. The maximum absolute atomic E-state index is 12.9. The zero-order chi connectivity index (χ0) is 30.7. The van der Waals surface area contributed by atoms with E-state index in [4.69, 9.17) is 15.2 Å². The largest absolute Gasteiger partial charge is 0.457 e. The van der Waals surface area contributed by atoms with Crippen LogP contribution in [-0.2, 0) is 0 Å². The van der Waals surface area contributed by atoms with Crippen LogP contribution in [0.3, 0.4) is 0 Å². The van der Waals surface area contributed by atoms with Crippen LogP contribution in [-0.4, -0.2) is 5.91 Å². The maximum atomic E-state index is 12.9. The normalized spacial score (nSPS) is 10.2. The van der Waals surface area contributed by atoms with Crippen LogP contribution in [0.1, 0.15) is 21.5 Å². The topological polar surface area (TPSA) is 73.6 Å². The van der Waals surface area contributed by atoms with Crippen molar-refractivity contribution < 1.29 is 14.3 Å². The van der Waals surface area contributed by atoms with E-state index in [9.17, 15) is 4.79 Å². The first kappa shape index (κ1) is 29.7. The standard InChI is InChI=1S/C26H21NO2.C13H13NO/c1-19-15-16-24(29-23-13-6-3-7-14-23)18-25(19)27-26(28)22-12-8-11-21(17-22)20-9-4-2-5-10-20;1-10-7-8-12(9-13(10)14)15-11-5-3-2-4-6-11/h2-18H,1H3,(H,27,28);2-9H,14H2,1H3. The van der Waals surface area contributed by atoms with E-state index in [-0.39, 0.29) is 5.91 Å². The third-order valence-corrected chi connectivity index (χ3v) is 6.90. The van der Waals surface area contributed by atoms with E-state index in [1.165, 1.54) is 0 Å². The van der Waals surface area contributed by atoms with Gasteiger partial charge in [-0.1, -0.05) is 91.0 Å². The molecule has 0 aromatic heterocycles. The molecule has 44 heavy (non-hydrogen) atoms. The minimum Gasteiger partial charge on any atom is -0.457 e. The van der Waals surface area contributed by atoms with Gasteiger partial charge in [-0.25, -0.2) is 0 Å². The molecule has 5 nitrogen and oxygen atoms in total. The van der Waals surface area contributed by atoms with E-state index in [2.05, 4.69) is 5.32 Å². The van der Waals surface area contributed by atoms with Gasteiger partial charge in [0.1, 0.15) is 23.0 Å². The monoisotopic (exact) mass is 578 g/mol. The smallest absolute Gasteiger partial charge is 0.255 e. The SMILES string of the molecule is Cc1ccc(Oc2ccccc2)cc1N.Cc1ccc(Oc2ccccc2)cc1NC(=O)c1cccc(-c2ccccc2)c1. The third kappa shape index (κ3) is 8.14. The second-order valence-electron chi connectivity index (χ2n) is 10.2. The summed E-state index contributed by atoms with van der Waals surface area (Å²) in [6.45, 7) is 3.93. The van der Waals surface area contributed by atoms with Gasteiger partial charge < -0.3 is 20.5 Å². The number of rotatable bonds is 7. The Morgan fingerprint density at radius 2 is 1.05 bits per heavy atom. The number of carbonyl (C=O) groups is 1. The minimum absolute atomic E-state index is 0.150. The van der Waals surface area contributed by atoms with Gasteiger partial charge in [-0.05, 0) is 84.6 Å². The summed E-state index contributed by atoms with van der Waals surface area (Å²) >= 11 is 0. The van der Waals surface area contributed by atoms with E-state index in [0.717, 1.165) is 50.9 Å². The average Bonchev–Trinajstić information content (AvgIpc) is 3.06. The van der Waals surface area contributed by atoms with Crippen molar-refractivity contribution in [1.29, 1.82) is 0 Å². The van der Waals surface area contributed by atoms with Crippen molar-refractivity contribution in [1.82, 2.24) is 0 Å². The van der Waals surface area contributed by atoms with Crippen LogP contribution in [0.25, 0.3) is 11.1 Å². The first-order valence-corrected chi connectivity index (χ1v) is 14.3. The van der Waals surface area contributed by atoms with Crippen LogP contribution in [0, 0.1) is 13.8 Å². The molecule has 1 amide bonds. The molecular formula is C39H34N2O3. The van der Waals surface area contributed by atoms with Gasteiger partial charge in [0, 0.05) is 29.1 Å². The lowest BCUT2D eigenvalue weighted by atomic mass is 10.0. The zero-order valence-electron chi connectivity index (χ0n) is 24.7. The number of amides is 1. The Hall–Kier alpha value is -5.81. The van der Waals surface area contributed by atoms with Crippen molar-refractivity contribution in [3.63, 3.8) is 0 Å². The van der Waals surface area contributed by atoms with Crippen molar-refractivity contribution in [3.8, 4) is 34.1 Å². The van der Waals surface area contributed by atoms with Crippen molar-refractivity contribution in [2.75, 3.05) is 11.1 Å². The Labute approximate surface area is 258 Å². The molecule has 6 aromatic rings. The summed E-state index contributed by atoms with van der Waals surface area (Å²) in [7, 11) is 0. The second-order valence-corrected chi connectivity index (χ2v) is 10.2. The summed E-state index contributed by atoms with van der Waals surface area (Å²) in [6.07, 6.45) is 0. The number of para-hydroxylation sites is 2. The molecule has 6 aromatic carbocycles. The van der Waals surface area contributed by atoms with E-state index >= 15 is 0 Å². The Kier molecular flexibility index (Phi) is 9.70. The lowest BCUT2D eigenvalue weighted by Gasteiger charge is -2.12. The Morgan fingerprint density at radius 3 is 1.64 bits per heavy atom. The lowest BCUT2D eigenvalue weighted by molar-refractivity contribution is 0.102. The summed E-state index contributed by atoms with van der Waals surface area (Å²) in [5.74, 6) is 2.87. The quantitative estimate of drug-likeness (QED) is 0.185. The number of hydrogen-bond acceptors (Lipinski definition) is 4. The van der Waals surface area contributed by atoms with Gasteiger partial charge in [0.15, 0.2) is 0 Å². The highest BCUT2D eigenvalue weighted by molar-refractivity contribution is 6.05. The number of nitrogens with one attached hydrogen (secondary N) is 1. The van der Waals surface area contributed by atoms with Crippen LogP contribution >= 0.6 is 0 Å². The molecule has 0 heterocycles. The molecule has 0 bridgehead atoms. The maximum Gasteiger partial charge on any atom is 0.255 e. The van der Waals surface area contributed by atoms with Gasteiger partial charge in [-0.3, -0.25) is 4.79 Å². The molecular weight excluding hydrogens is 544 g/mol. The van der Waals surface area contributed by atoms with E-state index in [0.29, 0.717) is 11.3 Å². The second kappa shape index (κ2) is 14.4. The summed E-state index contributed by atoms with van der Waals surface area (Å²) in [5.41, 5.74) is 12.0. The number of nitrogens with two attached hydrogens (primary N) is 1. The Morgan fingerprint density at radius 1 is 0.523 bits per heavy atom. The third-order valence-electron chi connectivity index (χ3n) is 6.90. The number of nitrogen functional groups attached to an aromatic ring is 1. The molecule has 0 aliphatic carbocycles. The fourth-order valence-corrected chi connectivity index (χ4v) is 4.40. The van der Waals surface area contributed by atoms with Crippen LogP contribution < -0.4 is 20.5 Å². The average molecular weight is 579 g/mol. The molecule has 0 aliphatic heterocycles. The molecule has 0 fully saturated rings. The summed E-state index contributed by atoms with van der Waals surface area (Å²) < 4.78 is 11.5. The predicted molar refractivity (Wildman–Crippen MR) is 180 cm³/mol. The minimum atomic E-state index is -0.150. The highest BCUT2D eigenvalue weighted by Crippen LogP contribution is 2.28.